The van der Waals surface area contributed by atoms with Crippen molar-refractivity contribution >= 4 is 0 Å². The van der Waals surface area contributed by atoms with Gasteiger partial charge in [-0.15, -0.1) is 0 Å². The lowest BCUT2D eigenvalue weighted by molar-refractivity contribution is 0.380. The number of aryl methyl sites for hydroxylation is 1. The van der Waals surface area contributed by atoms with Gasteiger partial charge in [-0.05, 0) is 18.4 Å². The molecule has 0 saturated carbocycles. The highest BCUT2D eigenvalue weighted by atomic mass is 19.1. The van der Waals surface area contributed by atoms with Crippen LogP contribution in [0.3, 0.4) is 0 Å². The Balaban J connectivity index is 2.11. The smallest absolute Gasteiger partial charge is 0.240 e. The average Bonchev–Trinajstić information content (AvgIpc) is 2.86. The lowest BCUT2D eigenvalue weighted by atomic mass is 10.1. The van der Waals surface area contributed by atoms with Crippen LogP contribution in [0.25, 0.3) is 11.4 Å². The van der Waals surface area contributed by atoms with Gasteiger partial charge in [0.2, 0.25) is 11.7 Å². The Hall–Kier alpha value is -1.75. The molecule has 0 aliphatic carbocycles. The van der Waals surface area contributed by atoms with Gasteiger partial charge in [0, 0.05) is 5.56 Å². The van der Waals surface area contributed by atoms with Gasteiger partial charge in [-0.1, -0.05) is 29.4 Å². The van der Waals surface area contributed by atoms with Crippen molar-refractivity contribution in [1.29, 1.82) is 0 Å². The van der Waals surface area contributed by atoms with Gasteiger partial charge < -0.3 is 10.3 Å². The normalized spacial score (nSPS) is 10.7. The number of nitrogens with zero attached hydrogens (tertiary/aromatic N) is 2. The monoisotopic (exact) mass is 235 g/mol. The highest BCUT2D eigenvalue weighted by Crippen LogP contribution is 2.17. The number of aromatic nitrogens is 2. The molecule has 0 radical (unpaired) electrons. The average molecular weight is 235 g/mol. The molecule has 1 aromatic heterocycles. The van der Waals surface area contributed by atoms with E-state index in [9.17, 15) is 4.39 Å². The minimum atomic E-state index is -0.285. The zero-order chi connectivity index (χ0) is 12.1. The second-order valence-electron chi connectivity index (χ2n) is 3.71. The van der Waals surface area contributed by atoms with Crippen molar-refractivity contribution in [2.75, 3.05) is 6.67 Å². The van der Waals surface area contributed by atoms with Crippen LogP contribution in [-0.2, 0) is 13.0 Å². The van der Waals surface area contributed by atoms with E-state index in [1.54, 1.807) is 0 Å². The molecule has 0 unspecified atom stereocenters. The van der Waals surface area contributed by atoms with Crippen molar-refractivity contribution in [1.82, 2.24) is 10.1 Å². The van der Waals surface area contributed by atoms with Crippen molar-refractivity contribution in [3.63, 3.8) is 0 Å². The van der Waals surface area contributed by atoms with Crippen LogP contribution in [0.15, 0.2) is 28.8 Å². The molecule has 0 aliphatic rings. The van der Waals surface area contributed by atoms with Crippen molar-refractivity contribution in [3.05, 3.63) is 35.7 Å². The maximum Gasteiger partial charge on any atom is 0.240 e. The van der Waals surface area contributed by atoms with Gasteiger partial charge >= 0.3 is 0 Å². The number of hydrogen-bond donors (Lipinski definition) is 1. The molecule has 1 aromatic carbocycles. The molecular formula is C12H14FN3O. The third-order valence-electron chi connectivity index (χ3n) is 2.45. The Kier molecular flexibility index (Phi) is 3.82. The predicted octanol–water partition coefficient (Wildman–Crippen LogP) is 2.10. The maximum atomic E-state index is 12.0. The molecule has 17 heavy (non-hydrogen) atoms. The molecule has 2 aromatic rings. The zero-order valence-corrected chi connectivity index (χ0v) is 9.40. The second kappa shape index (κ2) is 5.54. The van der Waals surface area contributed by atoms with Gasteiger partial charge in [0.1, 0.15) is 0 Å². The zero-order valence-electron chi connectivity index (χ0n) is 9.40. The van der Waals surface area contributed by atoms with Crippen molar-refractivity contribution in [2.24, 2.45) is 5.73 Å². The van der Waals surface area contributed by atoms with E-state index in [-0.39, 0.29) is 13.2 Å². The SMILES string of the molecule is NCc1nc(-c2ccc(CCCF)cc2)no1. The van der Waals surface area contributed by atoms with Crippen molar-refractivity contribution in [3.8, 4) is 11.4 Å². The quantitative estimate of drug-likeness (QED) is 0.861. The third kappa shape index (κ3) is 2.88. The molecule has 4 nitrogen and oxygen atoms in total. The van der Waals surface area contributed by atoms with Crippen LogP contribution >= 0.6 is 0 Å². The van der Waals surface area contributed by atoms with E-state index in [0.717, 1.165) is 17.5 Å². The number of alkyl halides is 1. The summed E-state index contributed by atoms with van der Waals surface area (Å²) >= 11 is 0. The van der Waals surface area contributed by atoms with Crippen LogP contribution in [0, 0.1) is 0 Å². The van der Waals surface area contributed by atoms with Crippen molar-refractivity contribution in [2.45, 2.75) is 19.4 Å². The first kappa shape index (κ1) is 11.7. The standard InChI is InChI=1S/C12H14FN3O/c13-7-1-2-9-3-5-10(6-4-9)12-15-11(8-14)17-16-12/h3-6H,1-2,7-8,14H2. The van der Waals surface area contributed by atoms with Crippen LogP contribution < -0.4 is 5.73 Å². The molecule has 0 bridgehead atoms. The van der Waals surface area contributed by atoms with E-state index in [2.05, 4.69) is 10.1 Å². The van der Waals surface area contributed by atoms with E-state index in [4.69, 9.17) is 10.3 Å². The molecule has 0 amide bonds. The fourth-order valence-electron chi connectivity index (χ4n) is 1.55. The van der Waals surface area contributed by atoms with Crippen molar-refractivity contribution < 1.29 is 8.91 Å². The number of rotatable bonds is 5. The molecule has 90 valence electrons. The summed E-state index contributed by atoms with van der Waals surface area (Å²) in [5.41, 5.74) is 7.37. The first-order valence-corrected chi connectivity index (χ1v) is 5.51. The topological polar surface area (TPSA) is 64.9 Å². The summed E-state index contributed by atoms with van der Waals surface area (Å²) in [5, 5.41) is 3.82. The van der Waals surface area contributed by atoms with Gasteiger partial charge in [0.15, 0.2) is 0 Å². The van der Waals surface area contributed by atoms with Crippen LogP contribution in [-0.4, -0.2) is 16.8 Å². The summed E-state index contributed by atoms with van der Waals surface area (Å²) in [4.78, 5) is 4.13. The summed E-state index contributed by atoms with van der Waals surface area (Å²) in [5.74, 6) is 0.948. The summed E-state index contributed by atoms with van der Waals surface area (Å²) in [7, 11) is 0. The molecule has 0 saturated heterocycles. The largest absolute Gasteiger partial charge is 0.338 e. The molecule has 0 fully saturated rings. The van der Waals surface area contributed by atoms with Gasteiger partial charge in [-0.2, -0.15) is 4.98 Å². The molecule has 2 N–H and O–H groups in total. The fourth-order valence-corrected chi connectivity index (χ4v) is 1.55. The summed E-state index contributed by atoms with van der Waals surface area (Å²) in [6.45, 7) is -0.0476. The van der Waals surface area contributed by atoms with Crippen LogP contribution in [0.5, 0.6) is 0 Å². The first-order valence-electron chi connectivity index (χ1n) is 5.51. The molecule has 0 aliphatic heterocycles. The lowest BCUT2D eigenvalue weighted by Crippen LogP contribution is -1.95. The number of hydrogen-bond acceptors (Lipinski definition) is 4. The fraction of sp³-hybridized carbons (Fsp3) is 0.333. The highest BCUT2D eigenvalue weighted by Gasteiger charge is 2.06. The minimum absolute atomic E-state index is 0.238. The first-order chi connectivity index (χ1) is 8.33. The number of nitrogens with two attached hydrogens (primary N) is 1. The van der Waals surface area contributed by atoms with E-state index in [0.29, 0.717) is 18.1 Å². The molecule has 0 spiro atoms. The number of halogens is 1. The van der Waals surface area contributed by atoms with Gasteiger partial charge in [0.25, 0.3) is 0 Å². The third-order valence-corrected chi connectivity index (χ3v) is 2.45. The van der Waals surface area contributed by atoms with E-state index < -0.39 is 0 Å². The highest BCUT2D eigenvalue weighted by molar-refractivity contribution is 5.54. The Labute approximate surface area is 98.6 Å². The summed E-state index contributed by atoms with van der Waals surface area (Å²) < 4.78 is 16.9. The summed E-state index contributed by atoms with van der Waals surface area (Å²) in [6, 6.07) is 7.70. The Morgan fingerprint density at radius 1 is 1.24 bits per heavy atom. The van der Waals surface area contributed by atoms with E-state index in [1.807, 2.05) is 24.3 Å². The van der Waals surface area contributed by atoms with Crippen LogP contribution in [0.4, 0.5) is 4.39 Å². The van der Waals surface area contributed by atoms with Gasteiger partial charge in [-0.3, -0.25) is 4.39 Å². The molecule has 0 atom stereocenters. The predicted molar refractivity (Wildman–Crippen MR) is 61.9 cm³/mol. The molecular weight excluding hydrogens is 221 g/mol. The summed E-state index contributed by atoms with van der Waals surface area (Å²) in [6.07, 6.45) is 1.30. The Bertz CT molecular complexity index is 467. The van der Waals surface area contributed by atoms with E-state index >= 15 is 0 Å². The lowest BCUT2D eigenvalue weighted by Gasteiger charge is -1.99. The maximum absolute atomic E-state index is 12.0. The van der Waals surface area contributed by atoms with Gasteiger partial charge in [0.05, 0.1) is 13.2 Å². The molecule has 1 heterocycles. The van der Waals surface area contributed by atoms with Crippen LogP contribution in [0.2, 0.25) is 0 Å². The molecule has 2 rings (SSSR count). The van der Waals surface area contributed by atoms with Crippen LogP contribution in [0.1, 0.15) is 17.9 Å². The Morgan fingerprint density at radius 2 is 2.00 bits per heavy atom. The van der Waals surface area contributed by atoms with Gasteiger partial charge in [-0.25, -0.2) is 0 Å². The van der Waals surface area contributed by atoms with E-state index in [1.165, 1.54) is 0 Å². The second-order valence-corrected chi connectivity index (χ2v) is 3.71. The minimum Gasteiger partial charge on any atom is -0.338 e. The number of benzene rings is 1. The molecule has 5 heteroatoms. The Morgan fingerprint density at radius 3 is 2.59 bits per heavy atom.